The maximum absolute atomic E-state index is 6.41. The molecule has 0 saturated heterocycles. The number of hydrogen-bond acceptors (Lipinski definition) is 1. The molecular weight excluding hydrogens is 312 g/mol. The van der Waals surface area contributed by atoms with Crippen LogP contribution in [0.2, 0.25) is 5.02 Å². The molecule has 0 spiro atoms. The third-order valence-electron chi connectivity index (χ3n) is 4.35. The van der Waals surface area contributed by atoms with Crippen molar-refractivity contribution in [3.05, 3.63) is 75.8 Å². The first kappa shape index (κ1) is 13.8. The van der Waals surface area contributed by atoms with Crippen molar-refractivity contribution < 1.29 is 0 Å². The van der Waals surface area contributed by atoms with Crippen LogP contribution in [0.25, 0.3) is 5.70 Å². The second-order valence-electron chi connectivity index (χ2n) is 5.61. The van der Waals surface area contributed by atoms with Crippen LogP contribution >= 0.6 is 23.8 Å². The second-order valence-corrected chi connectivity index (χ2v) is 6.43. The summed E-state index contributed by atoms with van der Waals surface area (Å²) in [5.41, 5.74) is 6.19. The van der Waals surface area contributed by atoms with Crippen LogP contribution in [0.3, 0.4) is 0 Å². The summed E-state index contributed by atoms with van der Waals surface area (Å²) in [5.74, 6) is 0. The molecule has 0 aromatic heterocycles. The lowest BCUT2D eigenvalue weighted by Crippen LogP contribution is -2.44. The highest BCUT2D eigenvalue weighted by atomic mass is 35.5. The van der Waals surface area contributed by atoms with Crippen LogP contribution in [0, 0.1) is 0 Å². The van der Waals surface area contributed by atoms with Gasteiger partial charge in [0, 0.05) is 16.3 Å². The van der Waals surface area contributed by atoms with Gasteiger partial charge in [0.1, 0.15) is 0 Å². The molecule has 2 N–H and O–H groups in total. The Morgan fingerprint density at radius 3 is 2.64 bits per heavy atom. The van der Waals surface area contributed by atoms with Crippen LogP contribution in [-0.4, -0.2) is 5.11 Å². The molecule has 0 fully saturated rings. The van der Waals surface area contributed by atoms with Crippen molar-refractivity contribution >= 4 is 34.6 Å². The van der Waals surface area contributed by atoms with Crippen LogP contribution < -0.4 is 10.6 Å². The first-order valence-corrected chi connectivity index (χ1v) is 8.16. The molecule has 4 heteroatoms. The normalized spacial score (nSPS) is 19.9. The zero-order valence-electron chi connectivity index (χ0n) is 11.9. The van der Waals surface area contributed by atoms with Crippen molar-refractivity contribution in [3.8, 4) is 0 Å². The summed E-state index contributed by atoms with van der Waals surface area (Å²) in [6, 6.07) is 16.5. The van der Waals surface area contributed by atoms with Gasteiger partial charge in [-0.05, 0) is 47.8 Å². The number of nitrogens with one attached hydrogen (secondary N) is 2. The second kappa shape index (κ2) is 5.41. The molecule has 1 heterocycles. The molecule has 0 saturated carbocycles. The molecule has 1 aliphatic carbocycles. The fourth-order valence-corrected chi connectivity index (χ4v) is 3.79. The van der Waals surface area contributed by atoms with E-state index in [-0.39, 0.29) is 6.04 Å². The van der Waals surface area contributed by atoms with Gasteiger partial charge < -0.3 is 10.6 Å². The SMILES string of the molecule is S=C1NC2=C(CCc3ccccc32)[C@@H](c2ccccc2Cl)N1. The molecule has 2 aromatic rings. The van der Waals surface area contributed by atoms with E-state index in [1.807, 2.05) is 18.2 Å². The Morgan fingerprint density at radius 1 is 1.00 bits per heavy atom. The number of benzene rings is 2. The quantitative estimate of drug-likeness (QED) is 0.767. The number of aryl methyl sites for hydroxylation is 1. The minimum atomic E-state index is 0.0470. The minimum absolute atomic E-state index is 0.0470. The van der Waals surface area contributed by atoms with E-state index >= 15 is 0 Å². The molecule has 2 nitrogen and oxygen atoms in total. The summed E-state index contributed by atoms with van der Waals surface area (Å²) in [6.07, 6.45) is 2.05. The van der Waals surface area contributed by atoms with Crippen molar-refractivity contribution in [2.75, 3.05) is 0 Å². The van der Waals surface area contributed by atoms with Gasteiger partial charge in [-0.3, -0.25) is 0 Å². The van der Waals surface area contributed by atoms with Crippen molar-refractivity contribution in [1.82, 2.24) is 10.6 Å². The van der Waals surface area contributed by atoms with E-state index in [1.54, 1.807) is 0 Å². The van der Waals surface area contributed by atoms with Crippen LogP contribution in [0.5, 0.6) is 0 Å². The molecule has 0 bridgehead atoms. The fourth-order valence-electron chi connectivity index (χ4n) is 3.33. The van der Waals surface area contributed by atoms with E-state index in [4.69, 9.17) is 23.8 Å². The maximum Gasteiger partial charge on any atom is 0.171 e. The highest BCUT2D eigenvalue weighted by molar-refractivity contribution is 7.80. The van der Waals surface area contributed by atoms with E-state index in [9.17, 15) is 0 Å². The van der Waals surface area contributed by atoms with Crippen LogP contribution in [-0.2, 0) is 6.42 Å². The summed E-state index contributed by atoms with van der Waals surface area (Å²) >= 11 is 11.8. The molecular formula is C18H15ClN2S. The standard InChI is InChI=1S/C18H15ClN2S/c19-15-8-4-3-7-13(15)17-14-10-9-11-5-1-2-6-12(11)16(14)20-18(22)21-17/h1-8,17H,9-10H2,(H2,20,21,22)/t17-/m1/s1. The molecule has 0 amide bonds. The Labute approximate surface area is 140 Å². The molecule has 22 heavy (non-hydrogen) atoms. The van der Waals surface area contributed by atoms with Gasteiger partial charge in [-0.15, -0.1) is 0 Å². The van der Waals surface area contributed by atoms with E-state index < -0.39 is 0 Å². The third-order valence-corrected chi connectivity index (χ3v) is 4.91. The number of thiocarbonyl (C=S) groups is 1. The van der Waals surface area contributed by atoms with Crippen molar-refractivity contribution in [1.29, 1.82) is 0 Å². The summed E-state index contributed by atoms with van der Waals surface area (Å²) in [5, 5.41) is 8.16. The molecule has 1 atom stereocenters. The summed E-state index contributed by atoms with van der Waals surface area (Å²) in [4.78, 5) is 0. The maximum atomic E-state index is 6.41. The van der Waals surface area contributed by atoms with E-state index in [0.717, 1.165) is 29.1 Å². The third kappa shape index (κ3) is 2.21. The predicted octanol–water partition coefficient (Wildman–Crippen LogP) is 4.22. The Morgan fingerprint density at radius 2 is 1.77 bits per heavy atom. The van der Waals surface area contributed by atoms with E-state index in [2.05, 4.69) is 41.0 Å². The molecule has 2 aliphatic rings. The number of halogens is 1. The Kier molecular flexibility index (Phi) is 3.40. The van der Waals surface area contributed by atoms with Crippen molar-refractivity contribution in [3.63, 3.8) is 0 Å². The summed E-state index contributed by atoms with van der Waals surface area (Å²) < 4.78 is 0. The van der Waals surface area contributed by atoms with Gasteiger partial charge in [-0.1, -0.05) is 54.1 Å². The number of fused-ring (bicyclic) bond motifs is 2. The highest BCUT2D eigenvalue weighted by Crippen LogP contribution is 2.40. The molecule has 0 unspecified atom stereocenters. The van der Waals surface area contributed by atoms with Crippen molar-refractivity contribution in [2.45, 2.75) is 18.9 Å². The molecule has 4 rings (SSSR count). The number of rotatable bonds is 1. The zero-order chi connectivity index (χ0) is 15.1. The molecule has 0 radical (unpaired) electrons. The van der Waals surface area contributed by atoms with Crippen LogP contribution in [0.4, 0.5) is 0 Å². The fraction of sp³-hybridized carbons (Fsp3) is 0.167. The van der Waals surface area contributed by atoms with Crippen molar-refractivity contribution in [2.24, 2.45) is 0 Å². The zero-order valence-corrected chi connectivity index (χ0v) is 13.5. The lowest BCUT2D eigenvalue weighted by molar-refractivity contribution is 0.667. The highest BCUT2D eigenvalue weighted by Gasteiger charge is 2.31. The van der Waals surface area contributed by atoms with E-state index in [1.165, 1.54) is 16.7 Å². The molecule has 2 aromatic carbocycles. The first-order chi connectivity index (χ1) is 10.7. The summed E-state index contributed by atoms with van der Waals surface area (Å²) in [6.45, 7) is 0. The topological polar surface area (TPSA) is 24.1 Å². The predicted molar refractivity (Wildman–Crippen MR) is 94.7 cm³/mol. The van der Waals surface area contributed by atoms with Crippen LogP contribution in [0.15, 0.2) is 54.1 Å². The summed E-state index contributed by atoms with van der Waals surface area (Å²) in [7, 11) is 0. The monoisotopic (exact) mass is 326 g/mol. The Bertz CT molecular complexity index is 797. The minimum Gasteiger partial charge on any atom is -0.352 e. The Balaban J connectivity index is 1.88. The Hall–Kier alpha value is -1.84. The number of hydrogen-bond donors (Lipinski definition) is 2. The largest absolute Gasteiger partial charge is 0.352 e. The first-order valence-electron chi connectivity index (χ1n) is 7.37. The van der Waals surface area contributed by atoms with Gasteiger partial charge in [0.2, 0.25) is 0 Å². The smallest absolute Gasteiger partial charge is 0.171 e. The van der Waals surface area contributed by atoms with E-state index in [0.29, 0.717) is 5.11 Å². The van der Waals surface area contributed by atoms with Gasteiger partial charge >= 0.3 is 0 Å². The van der Waals surface area contributed by atoms with Gasteiger partial charge in [-0.2, -0.15) is 0 Å². The average Bonchev–Trinajstić information content (AvgIpc) is 2.54. The van der Waals surface area contributed by atoms with Gasteiger partial charge in [0.05, 0.1) is 6.04 Å². The van der Waals surface area contributed by atoms with Crippen LogP contribution in [0.1, 0.15) is 29.2 Å². The average molecular weight is 327 g/mol. The van der Waals surface area contributed by atoms with Gasteiger partial charge in [-0.25, -0.2) is 0 Å². The lowest BCUT2D eigenvalue weighted by Gasteiger charge is -2.36. The van der Waals surface area contributed by atoms with Gasteiger partial charge in [0.25, 0.3) is 0 Å². The molecule has 110 valence electrons. The molecule has 1 aliphatic heterocycles. The van der Waals surface area contributed by atoms with Gasteiger partial charge in [0.15, 0.2) is 5.11 Å². The lowest BCUT2D eigenvalue weighted by atomic mass is 9.83.